The number of halogens is 2. The van der Waals surface area contributed by atoms with Crippen LogP contribution in [0.2, 0.25) is 10.0 Å². The van der Waals surface area contributed by atoms with Gasteiger partial charge in [0.2, 0.25) is 0 Å². The van der Waals surface area contributed by atoms with Gasteiger partial charge in [-0.05, 0) is 25.0 Å². The number of amidine groups is 1. The van der Waals surface area contributed by atoms with Crippen LogP contribution in [0.4, 0.5) is 5.69 Å². The quantitative estimate of drug-likeness (QED) is 0.801. The number of benzene rings is 1. The van der Waals surface area contributed by atoms with Crippen molar-refractivity contribution in [3.63, 3.8) is 0 Å². The minimum atomic E-state index is -3.83. The molecule has 2 aliphatic rings. The molecule has 108 valence electrons. The van der Waals surface area contributed by atoms with Crippen molar-refractivity contribution in [1.82, 2.24) is 0 Å². The molecule has 0 aromatic heterocycles. The van der Waals surface area contributed by atoms with Crippen LogP contribution in [0.15, 0.2) is 21.4 Å². The second kappa shape index (κ2) is 4.87. The maximum Gasteiger partial charge on any atom is 0.287 e. The Morgan fingerprint density at radius 2 is 1.90 bits per heavy atom. The van der Waals surface area contributed by atoms with Gasteiger partial charge in [-0.25, -0.2) is 5.84 Å². The highest BCUT2D eigenvalue weighted by Gasteiger charge is 2.36. The SMILES string of the molecule is NN1C(C2CCCC2)=NS(=O)(=O)c2c(Cl)cc(Cl)cc21. The number of fused-ring (bicyclic) bond motifs is 1. The molecular weight excluding hydrogens is 321 g/mol. The van der Waals surface area contributed by atoms with Gasteiger partial charge >= 0.3 is 0 Å². The van der Waals surface area contributed by atoms with Gasteiger partial charge in [0.15, 0.2) is 0 Å². The molecule has 0 spiro atoms. The summed E-state index contributed by atoms with van der Waals surface area (Å²) in [5.74, 6) is 6.50. The summed E-state index contributed by atoms with van der Waals surface area (Å²) < 4.78 is 28.5. The first-order valence-electron chi connectivity index (χ1n) is 6.29. The van der Waals surface area contributed by atoms with Crippen LogP contribution in [0, 0.1) is 5.92 Å². The summed E-state index contributed by atoms with van der Waals surface area (Å²) >= 11 is 11.9. The van der Waals surface area contributed by atoms with E-state index in [-0.39, 0.29) is 15.8 Å². The molecule has 1 saturated carbocycles. The van der Waals surface area contributed by atoms with E-state index in [2.05, 4.69) is 4.40 Å². The molecule has 5 nitrogen and oxygen atoms in total. The minimum absolute atomic E-state index is 0.0390. The van der Waals surface area contributed by atoms with Crippen molar-refractivity contribution < 1.29 is 8.42 Å². The second-order valence-corrected chi connectivity index (χ2v) is 7.40. The molecule has 0 atom stereocenters. The Kier molecular flexibility index (Phi) is 3.44. The molecule has 0 unspecified atom stereocenters. The molecule has 20 heavy (non-hydrogen) atoms. The van der Waals surface area contributed by atoms with Gasteiger partial charge in [-0.3, -0.25) is 5.01 Å². The van der Waals surface area contributed by atoms with Crippen LogP contribution in [-0.4, -0.2) is 14.3 Å². The van der Waals surface area contributed by atoms with Crippen LogP contribution in [0.5, 0.6) is 0 Å². The third-order valence-electron chi connectivity index (χ3n) is 3.69. The lowest BCUT2D eigenvalue weighted by Crippen LogP contribution is -2.44. The monoisotopic (exact) mass is 333 g/mol. The molecule has 0 amide bonds. The highest BCUT2D eigenvalue weighted by Crippen LogP contribution is 2.40. The van der Waals surface area contributed by atoms with E-state index < -0.39 is 10.0 Å². The molecule has 0 saturated heterocycles. The molecule has 1 heterocycles. The molecule has 1 aromatic carbocycles. The zero-order chi connectivity index (χ0) is 14.5. The number of anilines is 1. The Morgan fingerprint density at radius 3 is 2.55 bits per heavy atom. The third kappa shape index (κ3) is 2.20. The van der Waals surface area contributed by atoms with E-state index in [1.165, 1.54) is 17.1 Å². The highest BCUT2D eigenvalue weighted by atomic mass is 35.5. The molecule has 1 fully saturated rings. The first-order chi connectivity index (χ1) is 9.40. The summed E-state index contributed by atoms with van der Waals surface area (Å²) in [6, 6.07) is 2.88. The Balaban J connectivity index is 2.19. The van der Waals surface area contributed by atoms with Gasteiger partial charge in [0, 0.05) is 10.9 Å². The molecule has 1 aliphatic heterocycles. The minimum Gasteiger partial charge on any atom is -0.263 e. The van der Waals surface area contributed by atoms with Crippen molar-refractivity contribution in [2.24, 2.45) is 16.2 Å². The smallest absolute Gasteiger partial charge is 0.263 e. The van der Waals surface area contributed by atoms with E-state index in [1.54, 1.807) is 0 Å². The van der Waals surface area contributed by atoms with Gasteiger partial charge in [0.25, 0.3) is 10.0 Å². The largest absolute Gasteiger partial charge is 0.287 e. The molecular formula is C12H13Cl2N3O2S. The zero-order valence-electron chi connectivity index (χ0n) is 10.5. The fourth-order valence-electron chi connectivity index (χ4n) is 2.77. The van der Waals surface area contributed by atoms with Crippen molar-refractivity contribution in [2.45, 2.75) is 30.6 Å². The third-order valence-corrected chi connectivity index (χ3v) is 5.69. The Bertz CT molecular complexity index is 697. The molecule has 0 radical (unpaired) electrons. The summed E-state index contributed by atoms with van der Waals surface area (Å²) in [5.41, 5.74) is 0.291. The number of nitrogens with zero attached hydrogens (tertiary/aromatic N) is 2. The average Bonchev–Trinajstić information content (AvgIpc) is 2.86. The lowest BCUT2D eigenvalue weighted by atomic mass is 10.1. The van der Waals surface area contributed by atoms with Gasteiger partial charge in [-0.15, -0.1) is 4.40 Å². The highest BCUT2D eigenvalue weighted by molar-refractivity contribution is 7.90. The van der Waals surface area contributed by atoms with Crippen LogP contribution in [0.3, 0.4) is 0 Å². The first-order valence-corrected chi connectivity index (χ1v) is 8.48. The summed E-state index contributed by atoms with van der Waals surface area (Å²) in [4.78, 5) is -0.0761. The molecule has 2 N–H and O–H groups in total. The fourth-order valence-corrected chi connectivity index (χ4v) is 4.85. The number of hydrogen-bond acceptors (Lipinski definition) is 4. The van der Waals surface area contributed by atoms with E-state index in [4.69, 9.17) is 29.0 Å². The van der Waals surface area contributed by atoms with E-state index in [9.17, 15) is 8.42 Å². The van der Waals surface area contributed by atoms with Crippen LogP contribution in [-0.2, 0) is 10.0 Å². The molecule has 1 aliphatic carbocycles. The van der Waals surface area contributed by atoms with Gasteiger partial charge in [0.05, 0.1) is 10.7 Å². The Hall–Kier alpha value is -0.820. The van der Waals surface area contributed by atoms with E-state index in [1.807, 2.05) is 0 Å². The fraction of sp³-hybridized carbons (Fsp3) is 0.417. The van der Waals surface area contributed by atoms with Gasteiger partial charge in [-0.2, -0.15) is 8.42 Å². The van der Waals surface area contributed by atoms with Crippen LogP contribution < -0.4 is 10.9 Å². The van der Waals surface area contributed by atoms with Crippen molar-refractivity contribution in [3.8, 4) is 0 Å². The number of hydrazine groups is 1. The normalized spacial score (nSPS) is 21.8. The van der Waals surface area contributed by atoms with E-state index in [0.29, 0.717) is 16.5 Å². The molecule has 0 bridgehead atoms. The van der Waals surface area contributed by atoms with Crippen molar-refractivity contribution in [1.29, 1.82) is 0 Å². The first kappa shape index (κ1) is 14.1. The number of sulfonamides is 1. The molecule has 8 heteroatoms. The zero-order valence-corrected chi connectivity index (χ0v) is 12.8. The lowest BCUT2D eigenvalue weighted by Gasteiger charge is -2.30. The second-order valence-electron chi connectivity index (χ2n) is 5.01. The number of nitrogens with two attached hydrogens (primary N) is 1. The summed E-state index contributed by atoms with van der Waals surface area (Å²) in [6.45, 7) is 0. The van der Waals surface area contributed by atoms with Crippen molar-refractivity contribution in [2.75, 3.05) is 5.01 Å². The number of rotatable bonds is 1. The average molecular weight is 334 g/mol. The standard InChI is InChI=1S/C12H13Cl2N3O2S/c13-8-5-9(14)11-10(6-8)17(15)12(16-20(11,18)19)7-3-1-2-4-7/h5-7H,1-4,15H2. The van der Waals surface area contributed by atoms with E-state index in [0.717, 1.165) is 25.7 Å². The van der Waals surface area contributed by atoms with Crippen LogP contribution in [0.25, 0.3) is 0 Å². The van der Waals surface area contributed by atoms with Crippen molar-refractivity contribution >= 4 is 44.7 Å². The summed E-state index contributed by atoms with van der Waals surface area (Å²) in [7, 11) is -3.83. The summed E-state index contributed by atoms with van der Waals surface area (Å²) in [5, 5.41) is 1.69. The maximum atomic E-state index is 12.3. The summed E-state index contributed by atoms with van der Waals surface area (Å²) in [6.07, 6.45) is 3.90. The number of hydrogen-bond donors (Lipinski definition) is 1. The van der Waals surface area contributed by atoms with Gasteiger partial charge < -0.3 is 0 Å². The molecule has 1 aromatic rings. The maximum absolute atomic E-state index is 12.3. The topological polar surface area (TPSA) is 75.8 Å². The lowest BCUT2D eigenvalue weighted by molar-refractivity contribution is 0.594. The molecule has 3 rings (SSSR count). The predicted molar refractivity (Wildman–Crippen MR) is 79.7 cm³/mol. The van der Waals surface area contributed by atoms with Crippen LogP contribution >= 0.6 is 23.2 Å². The van der Waals surface area contributed by atoms with Gasteiger partial charge in [-0.1, -0.05) is 36.0 Å². The van der Waals surface area contributed by atoms with Crippen molar-refractivity contribution in [3.05, 3.63) is 22.2 Å². The van der Waals surface area contributed by atoms with Gasteiger partial charge in [0.1, 0.15) is 10.7 Å². The predicted octanol–water partition coefficient (Wildman–Crippen LogP) is 2.96. The Labute approximate surface area is 127 Å². The van der Waals surface area contributed by atoms with E-state index >= 15 is 0 Å². The Morgan fingerprint density at radius 1 is 1.25 bits per heavy atom. The van der Waals surface area contributed by atoms with Crippen LogP contribution in [0.1, 0.15) is 25.7 Å².